The molecule has 3 N–H and O–H groups in total. The third-order valence-corrected chi connectivity index (χ3v) is 2.51. The molecular formula is C12H9ClFN3O. The van der Waals surface area contributed by atoms with Crippen LogP contribution in [0.5, 0.6) is 0 Å². The first-order valence-electron chi connectivity index (χ1n) is 5.05. The summed E-state index contributed by atoms with van der Waals surface area (Å²) in [7, 11) is 0. The average Bonchev–Trinajstić information content (AvgIpc) is 2.35. The molecule has 1 heterocycles. The van der Waals surface area contributed by atoms with Gasteiger partial charge >= 0.3 is 0 Å². The van der Waals surface area contributed by atoms with Crippen LogP contribution in [-0.4, -0.2) is 10.9 Å². The highest BCUT2D eigenvalue weighted by molar-refractivity contribution is 6.29. The van der Waals surface area contributed by atoms with E-state index in [9.17, 15) is 9.18 Å². The number of hydrogen-bond donors (Lipinski definition) is 2. The van der Waals surface area contributed by atoms with E-state index in [-0.39, 0.29) is 11.3 Å². The summed E-state index contributed by atoms with van der Waals surface area (Å²) in [5.74, 6) is -1.13. The van der Waals surface area contributed by atoms with Crippen molar-refractivity contribution in [1.82, 2.24) is 4.98 Å². The molecule has 0 radical (unpaired) electrons. The lowest BCUT2D eigenvalue weighted by atomic mass is 10.1. The predicted octanol–water partition coefficient (Wildman–Crippen LogP) is 2.71. The van der Waals surface area contributed by atoms with Gasteiger partial charge in [-0.15, -0.1) is 0 Å². The van der Waals surface area contributed by atoms with E-state index in [0.29, 0.717) is 10.8 Å². The molecule has 0 atom stereocenters. The standard InChI is InChI=1S/C12H9ClFN3O/c13-10-5-4-7(6-16-10)17-12(18)8-2-1-3-9(14)11(8)15/h1-6H,15H2,(H,17,18). The summed E-state index contributed by atoms with van der Waals surface area (Å²) in [5, 5.41) is 2.86. The molecule has 18 heavy (non-hydrogen) atoms. The van der Waals surface area contributed by atoms with Crippen molar-refractivity contribution in [3.05, 3.63) is 53.1 Å². The van der Waals surface area contributed by atoms with Gasteiger partial charge in [0.2, 0.25) is 0 Å². The van der Waals surface area contributed by atoms with Crippen LogP contribution in [0.15, 0.2) is 36.5 Å². The van der Waals surface area contributed by atoms with Crippen LogP contribution in [0, 0.1) is 5.82 Å². The van der Waals surface area contributed by atoms with E-state index in [4.69, 9.17) is 17.3 Å². The topological polar surface area (TPSA) is 68.0 Å². The summed E-state index contributed by atoms with van der Waals surface area (Å²) < 4.78 is 13.2. The molecule has 0 saturated heterocycles. The van der Waals surface area contributed by atoms with Crippen LogP contribution in [0.4, 0.5) is 15.8 Å². The van der Waals surface area contributed by atoms with E-state index in [0.717, 1.165) is 0 Å². The molecule has 1 aromatic heterocycles. The number of para-hydroxylation sites is 1. The summed E-state index contributed by atoms with van der Waals surface area (Å²) in [6.45, 7) is 0. The smallest absolute Gasteiger partial charge is 0.257 e. The van der Waals surface area contributed by atoms with E-state index in [1.165, 1.54) is 30.5 Å². The zero-order valence-electron chi connectivity index (χ0n) is 9.15. The van der Waals surface area contributed by atoms with E-state index in [1.54, 1.807) is 6.07 Å². The van der Waals surface area contributed by atoms with Crippen LogP contribution in [-0.2, 0) is 0 Å². The minimum absolute atomic E-state index is 0.0740. The van der Waals surface area contributed by atoms with Gasteiger partial charge < -0.3 is 11.1 Å². The summed E-state index contributed by atoms with van der Waals surface area (Å²) in [6.07, 6.45) is 1.40. The second-order valence-electron chi connectivity index (χ2n) is 3.52. The number of nitrogen functional groups attached to an aromatic ring is 1. The SMILES string of the molecule is Nc1c(F)cccc1C(=O)Nc1ccc(Cl)nc1. The van der Waals surface area contributed by atoms with E-state index in [1.807, 2.05) is 0 Å². The van der Waals surface area contributed by atoms with Crippen molar-refractivity contribution in [3.8, 4) is 0 Å². The van der Waals surface area contributed by atoms with Gasteiger partial charge in [-0.2, -0.15) is 0 Å². The van der Waals surface area contributed by atoms with Crippen LogP contribution >= 0.6 is 11.6 Å². The molecule has 6 heteroatoms. The van der Waals surface area contributed by atoms with Crippen LogP contribution in [0.3, 0.4) is 0 Å². The van der Waals surface area contributed by atoms with Crippen LogP contribution < -0.4 is 11.1 Å². The van der Waals surface area contributed by atoms with E-state index in [2.05, 4.69) is 10.3 Å². The molecule has 0 bridgehead atoms. The van der Waals surface area contributed by atoms with E-state index < -0.39 is 11.7 Å². The number of pyridine rings is 1. The minimum Gasteiger partial charge on any atom is -0.396 e. The lowest BCUT2D eigenvalue weighted by molar-refractivity contribution is 0.102. The maximum Gasteiger partial charge on any atom is 0.257 e. The van der Waals surface area contributed by atoms with Crippen LogP contribution in [0.25, 0.3) is 0 Å². The molecule has 4 nitrogen and oxygen atoms in total. The first-order valence-corrected chi connectivity index (χ1v) is 5.42. The number of amides is 1. The Morgan fingerprint density at radius 2 is 2.11 bits per heavy atom. The Bertz CT molecular complexity index is 586. The van der Waals surface area contributed by atoms with Crippen molar-refractivity contribution in [1.29, 1.82) is 0 Å². The Balaban J connectivity index is 2.22. The first kappa shape index (κ1) is 12.3. The third kappa shape index (κ3) is 2.57. The number of anilines is 2. The first-order chi connectivity index (χ1) is 8.58. The molecule has 0 aliphatic carbocycles. The summed E-state index contributed by atoms with van der Waals surface area (Å²) in [4.78, 5) is 15.7. The Labute approximate surface area is 108 Å². The second-order valence-corrected chi connectivity index (χ2v) is 3.91. The Morgan fingerprint density at radius 1 is 1.33 bits per heavy atom. The van der Waals surface area contributed by atoms with Gasteiger partial charge in [0.05, 0.1) is 23.1 Å². The lowest BCUT2D eigenvalue weighted by Crippen LogP contribution is -2.14. The van der Waals surface area contributed by atoms with Gasteiger partial charge in [-0.1, -0.05) is 17.7 Å². The third-order valence-electron chi connectivity index (χ3n) is 2.28. The molecule has 0 fully saturated rings. The Kier molecular flexibility index (Phi) is 3.43. The fraction of sp³-hybridized carbons (Fsp3) is 0. The van der Waals surface area contributed by atoms with Gasteiger partial charge in [-0.3, -0.25) is 4.79 Å². The molecule has 1 amide bonds. The maximum atomic E-state index is 13.2. The van der Waals surface area contributed by atoms with Crippen molar-refractivity contribution in [2.75, 3.05) is 11.1 Å². The van der Waals surface area contributed by atoms with Crippen molar-refractivity contribution in [2.45, 2.75) is 0 Å². The zero-order valence-corrected chi connectivity index (χ0v) is 9.91. The van der Waals surface area contributed by atoms with Gasteiger partial charge in [0.25, 0.3) is 5.91 Å². The Hall–Kier alpha value is -2.14. The molecule has 92 valence electrons. The maximum absolute atomic E-state index is 13.2. The molecular weight excluding hydrogens is 257 g/mol. The van der Waals surface area contributed by atoms with E-state index >= 15 is 0 Å². The number of aromatic nitrogens is 1. The predicted molar refractivity (Wildman–Crippen MR) is 68.0 cm³/mol. The number of hydrogen-bond acceptors (Lipinski definition) is 3. The second kappa shape index (κ2) is 5.01. The lowest BCUT2D eigenvalue weighted by Gasteiger charge is -2.07. The number of nitrogens with one attached hydrogen (secondary N) is 1. The molecule has 0 aliphatic rings. The number of halogens is 2. The monoisotopic (exact) mass is 265 g/mol. The average molecular weight is 266 g/mol. The molecule has 2 rings (SSSR count). The number of benzene rings is 1. The van der Waals surface area contributed by atoms with Crippen molar-refractivity contribution < 1.29 is 9.18 Å². The van der Waals surface area contributed by atoms with Gasteiger partial charge in [0.1, 0.15) is 11.0 Å². The molecule has 0 spiro atoms. The number of nitrogens with two attached hydrogens (primary N) is 1. The molecule has 1 aromatic carbocycles. The van der Waals surface area contributed by atoms with Crippen LogP contribution in [0.1, 0.15) is 10.4 Å². The summed E-state index contributed by atoms with van der Waals surface area (Å²) >= 11 is 5.62. The summed E-state index contributed by atoms with van der Waals surface area (Å²) in [5.41, 5.74) is 5.83. The molecule has 0 unspecified atom stereocenters. The van der Waals surface area contributed by atoms with Gasteiger partial charge in [-0.25, -0.2) is 9.37 Å². The van der Waals surface area contributed by atoms with Crippen molar-refractivity contribution in [2.24, 2.45) is 0 Å². The number of nitrogens with zero attached hydrogens (tertiary/aromatic N) is 1. The highest BCUT2D eigenvalue weighted by Crippen LogP contribution is 2.18. The number of rotatable bonds is 2. The molecule has 0 saturated carbocycles. The van der Waals surface area contributed by atoms with Gasteiger partial charge in [0, 0.05) is 0 Å². The highest BCUT2D eigenvalue weighted by atomic mass is 35.5. The van der Waals surface area contributed by atoms with Crippen molar-refractivity contribution >= 4 is 28.9 Å². The minimum atomic E-state index is -0.628. The normalized spacial score (nSPS) is 10.1. The Morgan fingerprint density at radius 3 is 2.78 bits per heavy atom. The molecule has 0 aliphatic heterocycles. The quantitative estimate of drug-likeness (QED) is 0.648. The largest absolute Gasteiger partial charge is 0.396 e. The summed E-state index contributed by atoms with van der Waals surface area (Å²) in [6, 6.07) is 7.17. The fourth-order valence-corrected chi connectivity index (χ4v) is 1.50. The van der Waals surface area contributed by atoms with Crippen molar-refractivity contribution in [3.63, 3.8) is 0 Å². The number of carbonyl (C=O) groups excluding carboxylic acids is 1. The van der Waals surface area contributed by atoms with Crippen LogP contribution in [0.2, 0.25) is 5.15 Å². The fourth-order valence-electron chi connectivity index (χ4n) is 1.38. The molecule has 2 aromatic rings. The zero-order chi connectivity index (χ0) is 13.1. The van der Waals surface area contributed by atoms with Gasteiger partial charge in [-0.05, 0) is 24.3 Å². The highest BCUT2D eigenvalue weighted by Gasteiger charge is 2.12. The van der Waals surface area contributed by atoms with Gasteiger partial charge in [0.15, 0.2) is 0 Å². The number of carbonyl (C=O) groups is 1.